The first-order chi connectivity index (χ1) is 7.91. The minimum atomic E-state index is -3.01. The van der Waals surface area contributed by atoms with Gasteiger partial charge in [0.05, 0.1) is 4.91 Å². The van der Waals surface area contributed by atoms with E-state index < -0.39 is 40.8 Å². The molecule has 0 aromatic heterocycles. The topological polar surface area (TPSA) is 38.4 Å². The molecule has 0 bridgehead atoms. The molecule has 1 aliphatic carbocycles. The number of rotatable bonds is 2. The fraction of sp³-hybridized carbons (Fsp3) is 0.500. The molecule has 0 spiro atoms. The number of thioether (sulfide) groups is 1. The van der Waals surface area contributed by atoms with Gasteiger partial charge in [-0.3, -0.25) is 4.99 Å². The van der Waals surface area contributed by atoms with Crippen molar-refractivity contribution >= 4 is 17.5 Å². The maximum absolute atomic E-state index is 14.2. The molecule has 17 heavy (non-hydrogen) atoms. The van der Waals surface area contributed by atoms with Crippen molar-refractivity contribution in [1.82, 2.24) is 0 Å². The third-order valence-electron chi connectivity index (χ3n) is 2.60. The van der Waals surface area contributed by atoms with Crippen molar-refractivity contribution in [1.29, 1.82) is 0 Å². The van der Waals surface area contributed by atoms with E-state index in [1.807, 2.05) is 0 Å². The molecule has 0 saturated heterocycles. The zero-order chi connectivity index (χ0) is 12.8. The standard InChI is InChI=1S/C10H10F4N2S/c1-2-3-10(14)7(12)4(11)5-6(8(10)13)17-9(15)16-5/h9H,2-3,15H2,1H3. The third-order valence-corrected chi connectivity index (χ3v) is 3.56. The van der Waals surface area contributed by atoms with Gasteiger partial charge in [-0.1, -0.05) is 25.1 Å². The van der Waals surface area contributed by atoms with Crippen LogP contribution in [0.25, 0.3) is 0 Å². The van der Waals surface area contributed by atoms with Gasteiger partial charge in [0.25, 0.3) is 0 Å². The summed E-state index contributed by atoms with van der Waals surface area (Å²) < 4.78 is 55.2. The first-order valence-corrected chi connectivity index (χ1v) is 5.95. The summed E-state index contributed by atoms with van der Waals surface area (Å²) in [7, 11) is 0. The second-order valence-corrected chi connectivity index (χ2v) is 4.94. The number of halogens is 4. The molecule has 1 aliphatic heterocycles. The van der Waals surface area contributed by atoms with Crippen molar-refractivity contribution in [2.45, 2.75) is 30.9 Å². The monoisotopic (exact) mass is 266 g/mol. The number of hydrogen-bond donors (Lipinski definition) is 1. The summed E-state index contributed by atoms with van der Waals surface area (Å²) >= 11 is 0.689. The van der Waals surface area contributed by atoms with E-state index >= 15 is 0 Å². The number of hydrogen-bond acceptors (Lipinski definition) is 3. The molecular weight excluding hydrogens is 256 g/mol. The summed E-state index contributed by atoms with van der Waals surface area (Å²) in [4.78, 5) is 3.21. The van der Waals surface area contributed by atoms with E-state index in [2.05, 4.69) is 4.99 Å². The average molecular weight is 266 g/mol. The quantitative estimate of drug-likeness (QED) is 0.779. The summed E-state index contributed by atoms with van der Waals surface area (Å²) in [6.45, 7) is 1.56. The van der Waals surface area contributed by atoms with E-state index in [4.69, 9.17) is 5.73 Å². The number of aliphatic imine (C=N–C) groups is 1. The van der Waals surface area contributed by atoms with Crippen LogP contribution in [-0.2, 0) is 0 Å². The summed E-state index contributed by atoms with van der Waals surface area (Å²) in [6.07, 6.45) is -0.272. The van der Waals surface area contributed by atoms with Gasteiger partial charge in [-0.25, -0.2) is 17.6 Å². The van der Waals surface area contributed by atoms with Gasteiger partial charge in [0.2, 0.25) is 5.67 Å². The van der Waals surface area contributed by atoms with Crippen LogP contribution in [0, 0.1) is 0 Å². The summed E-state index contributed by atoms with van der Waals surface area (Å²) in [6, 6.07) is 0. The third kappa shape index (κ3) is 1.72. The maximum atomic E-state index is 14.2. The molecule has 2 nitrogen and oxygen atoms in total. The molecule has 2 N–H and O–H groups in total. The normalized spacial score (nSPS) is 33.1. The largest absolute Gasteiger partial charge is 0.301 e. The Morgan fingerprint density at radius 2 is 2.00 bits per heavy atom. The number of allylic oxidation sites excluding steroid dienone is 4. The summed E-state index contributed by atoms with van der Waals surface area (Å²) in [5.74, 6) is -4.51. The van der Waals surface area contributed by atoms with E-state index in [9.17, 15) is 17.6 Å². The molecule has 7 heteroatoms. The fourth-order valence-electron chi connectivity index (χ4n) is 1.82. The van der Waals surface area contributed by atoms with Crippen LogP contribution in [0.5, 0.6) is 0 Å². The molecule has 2 rings (SSSR count). The van der Waals surface area contributed by atoms with Crippen molar-refractivity contribution in [3.63, 3.8) is 0 Å². The summed E-state index contributed by atoms with van der Waals surface area (Å²) in [5, 5.41) is 0. The van der Waals surface area contributed by atoms with E-state index in [1.54, 1.807) is 6.92 Å². The SMILES string of the molecule is CCCC1(F)C(F)=C(F)C2=NC(N)SC2=C1F. The van der Waals surface area contributed by atoms with Crippen LogP contribution in [0.2, 0.25) is 0 Å². The van der Waals surface area contributed by atoms with E-state index in [-0.39, 0.29) is 11.3 Å². The van der Waals surface area contributed by atoms with Crippen LogP contribution in [0.15, 0.2) is 27.4 Å². The van der Waals surface area contributed by atoms with E-state index in [0.29, 0.717) is 11.8 Å². The van der Waals surface area contributed by atoms with Gasteiger partial charge >= 0.3 is 0 Å². The van der Waals surface area contributed by atoms with E-state index in [1.165, 1.54) is 0 Å². The van der Waals surface area contributed by atoms with E-state index in [0.717, 1.165) is 0 Å². The van der Waals surface area contributed by atoms with Crippen molar-refractivity contribution in [2.75, 3.05) is 0 Å². The van der Waals surface area contributed by atoms with Gasteiger partial charge in [-0.2, -0.15) is 0 Å². The molecule has 0 fully saturated rings. The highest BCUT2D eigenvalue weighted by Crippen LogP contribution is 2.50. The molecular formula is C10H10F4N2S. The molecule has 2 atom stereocenters. The molecule has 94 valence electrons. The predicted octanol–water partition coefficient (Wildman–Crippen LogP) is 3.27. The summed E-state index contributed by atoms with van der Waals surface area (Å²) in [5.41, 5.74) is 0.923. The Hall–Kier alpha value is -0.820. The Morgan fingerprint density at radius 1 is 1.35 bits per heavy atom. The smallest absolute Gasteiger partial charge is 0.217 e. The van der Waals surface area contributed by atoms with Crippen molar-refractivity contribution in [3.05, 3.63) is 22.4 Å². The number of fused-ring (bicyclic) bond motifs is 1. The Labute approximate surface area is 99.7 Å². The number of alkyl halides is 1. The number of nitrogens with zero attached hydrogens (tertiary/aromatic N) is 1. The van der Waals surface area contributed by atoms with Gasteiger partial charge in [0.1, 0.15) is 11.2 Å². The highest BCUT2D eigenvalue weighted by molar-refractivity contribution is 8.05. The van der Waals surface area contributed by atoms with Gasteiger partial charge in [0.15, 0.2) is 17.5 Å². The number of nitrogens with two attached hydrogens (primary N) is 1. The van der Waals surface area contributed by atoms with Gasteiger partial charge < -0.3 is 5.73 Å². The Morgan fingerprint density at radius 3 is 2.59 bits per heavy atom. The van der Waals surface area contributed by atoms with Crippen LogP contribution in [-0.4, -0.2) is 16.9 Å². The Balaban J connectivity index is 2.57. The second kappa shape index (κ2) is 4.13. The minimum Gasteiger partial charge on any atom is -0.301 e. The van der Waals surface area contributed by atoms with Crippen LogP contribution in [0.3, 0.4) is 0 Å². The average Bonchev–Trinajstić information content (AvgIpc) is 2.67. The zero-order valence-corrected chi connectivity index (χ0v) is 9.75. The second-order valence-electron chi connectivity index (χ2n) is 3.81. The molecule has 2 aliphatic rings. The molecule has 2 unspecified atom stereocenters. The molecule has 0 aromatic rings. The fourth-order valence-corrected chi connectivity index (χ4v) is 2.74. The van der Waals surface area contributed by atoms with Crippen LogP contribution in [0.1, 0.15) is 19.8 Å². The predicted molar refractivity (Wildman–Crippen MR) is 59.1 cm³/mol. The van der Waals surface area contributed by atoms with Crippen LogP contribution >= 0.6 is 11.8 Å². The first-order valence-electron chi connectivity index (χ1n) is 5.07. The molecule has 0 amide bonds. The maximum Gasteiger partial charge on any atom is 0.217 e. The van der Waals surface area contributed by atoms with Crippen molar-refractivity contribution in [2.24, 2.45) is 10.7 Å². The van der Waals surface area contributed by atoms with Crippen LogP contribution in [0.4, 0.5) is 17.6 Å². The Kier molecular flexibility index (Phi) is 3.07. The molecule has 0 aromatic carbocycles. The Bertz CT molecular complexity index is 457. The first kappa shape index (κ1) is 12.6. The van der Waals surface area contributed by atoms with Gasteiger partial charge in [0, 0.05) is 0 Å². The van der Waals surface area contributed by atoms with Crippen LogP contribution < -0.4 is 5.73 Å². The lowest BCUT2D eigenvalue weighted by molar-refractivity contribution is 0.162. The van der Waals surface area contributed by atoms with Gasteiger partial charge in [-0.05, 0) is 6.42 Å². The highest BCUT2D eigenvalue weighted by atomic mass is 32.2. The van der Waals surface area contributed by atoms with Crippen molar-refractivity contribution < 1.29 is 17.6 Å². The lowest BCUT2D eigenvalue weighted by Gasteiger charge is -2.26. The molecule has 1 heterocycles. The minimum absolute atomic E-state index is 0.182. The lowest BCUT2D eigenvalue weighted by atomic mass is 9.90. The lowest BCUT2D eigenvalue weighted by Crippen LogP contribution is -2.31. The zero-order valence-electron chi connectivity index (χ0n) is 8.94. The molecule has 0 saturated carbocycles. The highest BCUT2D eigenvalue weighted by Gasteiger charge is 2.50. The molecule has 0 radical (unpaired) electrons. The van der Waals surface area contributed by atoms with Crippen molar-refractivity contribution in [3.8, 4) is 0 Å². The van der Waals surface area contributed by atoms with Gasteiger partial charge in [-0.15, -0.1) is 0 Å².